The molecular formula is C22H16N2O2S3. The summed E-state index contributed by atoms with van der Waals surface area (Å²) >= 11 is 8.07. The van der Waals surface area contributed by atoms with E-state index < -0.39 is 5.92 Å². The van der Waals surface area contributed by atoms with E-state index in [9.17, 15) is 9.59 Å². The first kappa shape index (κ1) is 19.6. The molecule has 2 amide bonds. The maximum atomic E-state index is 13.2. The van der Waals surface area contributed by atoms with Gasteiger partial charge in [-0.3, -0.25) is 15.0 Å². The van der Waals surface area contributed by atoms with E-state index in [2.05, 4.69) is 5.43 Å². The van der Waals surface area contributed by atoms with Crippen LogP contribution >= 0.6 is 35.3 Å². The zero-order chi connectivity index (χ0) is 20.2. The van der Waals surface area contributed by atoms with Gasteiger partial charge in [0.25, 0.3) is 11.8 Å². The molecule has 144 valence electrons. The van der Waals surface area contributed by atoms with Crippen molar-refractivity contribution < 1.29 is 9.59 Å². The highest BCUT2D eigenvalue weighted by Gasteiger charge is 2.35. The molecule has 0 atom stereocenters. The van der Waals surface area contributed by atoms with E-state index in [1.165, 1.54) is 28.1 Å². The van der Waals surface area contributed by atoms with Crippen molar-refractivity contribution in [3.8, 4) is 0 Å². The normalized spacial score (nSPS) is 15.3. The van der Waals surface area contributed by atoms with Crippen LogP contribution in [-0.2, 0) is 9.59 Å². The molecule has 1 saturated heterocycles. The Balaban J connectivity index is 1.59. The molecule has 1 aliphatic rings. The van der Waals surface area contributed by atoms with Gasteiger partial charge in [-0.05, 0) is 40.9 Å². The third-order valence-corrected chi connectivity index (χ3v) is 6.48. The number of nitrogens with zero attached hydrogens (tertiary/aromatic N) is 1. The number of thiophene rings is 1. The molecule has 3 aromatic rings. The van der Waals surface area contributed by atoms with Crippen LogP contribution in [0.4, 0.5) is 0 Å². The smallest absolute Gasteiger partial charge is 0.272 e. The van der Waals surface area contributed by atoms with E-state index in [4.69, 9.17) is 12.2 Å². The quantitative estimate of drug-likeness (QED) is 0.461. The molecule has 7 heteroatoms. The number of carbonyl (C=O) groups excluding carboxylic acids is 2. The zero-order valence-electron chi connectivity index (χ0n) is 15.1. The minimum absolute atomic E-state index is 0.309. The lowest BCUT2D eigenvalue weighted by Crippen LogP contribution is -2.46. The Bertz CT molecular complexity index is 1020. The average molecular weight is 437 g/mol. The predicted octanol–water partition coefficient (Wildman–Crippen LogP) is 4.81. The molecule has 29 heavy (non-hydrogen) atoms. The van der Waals surface area contributed by atoms with E-state index in [1.54, 1.807) is 6.08 Å². The fourth-order valence-electron chi connectivity index (χ4n) is 3.03. The van der Waals surface area contributed by atoms with Gasteiger partial charge in [0.2, 0.25) is 0 Å². The van der Waals surface area contributed by atoms with Crippen molar-refractivity contribution in [1.29, 1.82) is 0 Å². The largest absolute Gasteiger partial charge is 0.285 e. The van der Waals surface area contributed by atoms with Gasteiger partial charge in [-0.15, -0.1) is 11.3 Å². The third kappa shape index (κ3) is 4.32. The molecule has 1 aromatic heterocycles. The maximum Gasteiger partial charge on any atom is 0.285 e. The topological polar surface area (TPSA) is 49.4 Å². The number of hydrazine groups is 1. The predicted molar refractivity (Wildman–Crippen MR) is 122 cm³/mol. The minimum Gasteiger partial charge on any atom is -0.272 e. The summed E-state index contributed by atoms with van der Waals surface area (Å²) in [5, 5.41) is 3.11. The van der Waals surface area contributed by atoms with Gasteiger partial charge in [0.1, 0.15) is 0 Å². The molecule has 4 nitrogen and oxygen atoms in total. The Hall–Kier alpha value is -2.74. The van der Waals surface area contributed by atoms with Crippen LogP contribution in [0.1, 0.15) is 21.9 Å². The molecule has 2 aromatic carbocycles. The summed E-state index contributed by atoms with van der Waals surface area (Å²) < 4.78 is 0.311. The van der Waals surface area contributed by atoms with Gasteiger partial charge in [0.15, 0.2) is 4.32 Å². The fourth-order valence-corrected chi connectivity index (χ4v) is 4.93. The van der Waals surface area contributed by atoms with Crippen molar-refractivity contribution in [2.45, 2.75) is 5.92 Å². The number of hydrogen-bond donors (Lipinski definition) is 1. The lowest BCUT2D eigenvalue weighted by atomic mass is 9.91. The number of rotatable bonds is 5. The van der Waals surface area contributed by atoms with E-state index in [0.717, 1.165) is 16.0 Å². The Morgan fingerprint density at radius 2 is 1.59 bits per heavy atom. The maximum absolute atomic E-state index is 13.2. The first-order chi connectivity index (χ1) is 14.1. The standard InChI is InChI=1S/C22H16N2O2S3/c25-20(19(15-8-3-1-4-9-15)16-10-5-2-6-11-16)23-24-21(26)18(29-22(24)27)14-17-12-7-13-28-17/h1-14,19H,(H,23,25)/b18-14+. The number of benzene rings is 2. The van der Waals surface area contributed by atoms with Gasteiger partial charge in [0.05, 0.1) is 10.8 Å². The molecule has 1 N–H and O–H groups in total. The van der Waals surface area contributed by atoms with Crippen molar-refractivity contribution in [3.63, 3.8) is 0 Å². The summed E-state index contributed by atoms with van der Waals surface area (Å²) in [4.78, 5) is 27.5. The van der Waals surface area contributed by atoms with Gasteiger partial charge in [0, 0.05) is 4.88 Å². The van der Waals surface area contributed by atoms with E-state index in [0.29, 0.717) is 9.23 Å². The molecule has 0 spiro atoms. The minimum atomic E-state index is -0.552. The van der Waals surface area contributed by atoms with Crippen LogP contribution in [0.2, 0.25) is 0 Å². The lowest BCUT2D eigenvalue weighted by molar-refractivity contribution is -0.133. The summed E-state index contributed by atoms with van der Waals surface area (Å²) in [5.41, 5.74) is 4.42. The van der Waals surface area contributed by atoms with Crippen LogP contribution in [-0.4, -0.2) is 21.1 Å². The highest BCUT2D eigenvalue weighted by Crippen LogP contribution is 2.33. The summed E-state index contributed by atoms with van der Waals surface area (Å²) in [6, 6.07) is 22.8. The fraction of sp³-hybridized carbons (Fsp3) is 0.0455. The van der Waals surface area contributed by atoms with Crippen LogP contribution in [0, 0.1) is 0 Å². The van der Waals surface area contributed by atoms with Gasteiger partial charge < -0.3 is 0 Å². The number of thiocarbonyl (C=S) groups is 1. The zero-order valence-corrected chi connectivity index (χ0v) is 17.6. The van der Waals surface area contributed by atoms with Crippen molar-refractivity contribution >= 4 is 57.5 Å². The van der Waals surface area contributed by atoms with Gasteiger partial charge >= 0.3 is 0 Å². The molecule has 0 saturated carbocycles. The van der Waals surface area contributed by atoms with Crippen LogP contribution in [0.3, 0.4) is 0 Å². The number of nitrogens with one attached hydrogen (secondary N) is 1. The summed E-state index contributed by atoms with van der Waals surface area (Å²) in [6.45, 7) is 0. The van der Waals surface area contributed by atoms with E-state index in [1.807, 2.05) is 78.2 Å². The Morgan fingerprint density at radius 3 is 2.14 bits per heavy atom. The number of amides is 2. The monoisotopic (exact) mass is 436 g/mol. The highest BCUT2D eigenvalue weighted by molar-refractivity contribution is 8.26. The van der Waals surface area contributed by atoms with Gasteiger partial charge in [-0.2, -0.15) is 5.01 Å². The van der Waals surface area contributed by atoms with E-state index >= 15 is 0 Å². The number of hydrogen-bond acceptors (Lipinski definition) is 5. The van der Waals surface area contributed by atoms with Crippen LogP contribution in [0.5, 0.6) is 0 Å². The van der Waals surface area contributed by atoms with Crippen molar-refractivity contribution in [3.05, 3.63) is 99.1 Å². The van der Waals surface area contributed by atoms with Gasteiger partial charge in [-0.1, -0.05) is 78.5 Å². The molecular weight excluding hydrogens is 420 g/mol. The molecule has 0 aliphatic carbocycles. The summed E-state index contributed by atoms with van der Waals surface area (Å²) in [5.74, 6) is -1.18. The van der Waals surface area contributed by atoms with Crippen LogP contribution < -0.4 is 5.43 Å². The van der Waals surface area contributed by atoms with Gasteiger partial charge in [-0.25, -0.2) is 0 Å². The van der Waals surface area contributed by atoms with Crippen LogP contribution in [0.25, 0.3) is 6.08 Å². The van der Waals surface area contributed by atoms with Crippen LogP contribution in [0.15, 0.2) is 83.1 Å². The average Bonchev–Trinajstić information content (AvgIpc) is 3.34. The first-order valence-corrected chi connectivity index (χ1v) is 11.0. The van der Waals surface area contributed by atoms with Crippen molar-refractivity contribution in [1.82, 2.24) is 10.4 Å². The molecule has 0 unspecified atom stereocenters. The van der Waals surface area contributed by atoms with Crippen molar-refractivity contribution in [2.75, 3.05) is 0 Å². The first-order valence-electron chi connectivity index (χ1n) is 8.85. The molecule has 0 radical (unpaired) electrons. The van der Waals surface area contributed by atoms with Crippen molar-refractivity contribution in [2.24, 2.45) is 0 Å². The molecule has 0 bridgehead atoms. The summed E-state index contributed by atoms with van der Waals surface area (Å²) in [7, 11) is 0. The summed E-state index contributed by atoms with van der Waals surface area (Å²) in [6.07, 6.45) is 1.79. The Labute approximate surface area is 182 Å². The molecule has 1 aliphatic heterocycles. The van der Waals surface area contributed by atoms with E-state index in [-0.39, 0.29) is 11.8 Å². The molecule has 2 heterocycles. The second-order valence-corrected chi connectivity index (χ2v) is 8.92. The second-order valence-electron chi connectivity index (χ2n) is 6.26. The molecule has 4 rings (SSSR count). The molecule has 1 fully saturated rings. The highest BCUT2D eigenvalue weighted by atomic mass is 32.2. The number of thioether (sulfide) groups is 1. The Morgan fingerprint density at radius 1 is 0.966 bits per heavy atom. The number of carbonyl (C=O) groups is 2. The lowest BCUT2D eigenvalue weighted by Gasteiger charge is -2.22. The Kier molecular flexibility index (Phi) is 5.89. The third-order valence-electron chi connectivity index (χ3n) is 4.36. The second kappa shape index (κ2) is 8.73. The SMILES string of the molecule is O=C(NN1C(=O)/C(=C\c2cccs2)SC1=S)C(c1ccccc1)c1ccccc1.